The molecule has 0 N–H and O–H groups in total. The van der Waals surface area contributed by atoms with Gasteiger partial charge in [-0.05, 0) is 12.1 Å². The van der Waals surface area contributed by atoms with Gasteiger partial charge in [0.15, 0.2) is 5.69 Å². The normalized spacial score (nSPS) is 11.4. The molecule has 1 amide bonds. The topological polar surface area (TPSA) is 38.1 Å². The summed E-state index contributed by atoms with van der Waals surface area (Å²) in [5.41, 5.74) is -1.29. The maximum Gasteiger partial charge on any atom is 0.434 e. The molecule has 2 rings (SSSR count). The smallest absolute Gasteiger partial charge is 0.345 e. The summed E-state index contributed by atoms with van der Waals surface area (Å²) in [6, 6.07) is 7.87. The van der Waals surface area contributed by atoms with E-state index in [2.05, 4.69) is 5.10 Å². The van der Waals surface area contributed by atoms with Crippen molar-refractivity contribution in [2.24, 2.45) is 0 Å². The van der Waals surface area contributed by atoms with Gasteiger partial charge in [-0.1, -0.05) is 18.2 Å². The van der Waals surface area contributed by atoms with Crippen molar-refractivity contribution in [3.05, 3.63) is 47.8 Å². The van der Waals surface area contributed by atoms with Gasteiger partial charge in [0, 0.05) is 14.1 Å². The van der Waals surface area contributed by atoms with E-state index < -0.39 is 23.3 Å². The standard InChI is InChI=1S/C13H12F3N3O/c1-18(2)12(20)10-8-17-19(11(10)13(14,15)16)9-6-4-3-5-7-9/h3-8H,1-2H3. The molecule has 0 aliphatic heterocycles. The van der Waals surface area contributed by atoms with Gasteiger partial charge in [-0.25, -0.2) is 4.68 Å². The molecule has 4 nitrogen and oxygen atoms in total. The Balaban J connectivity index is 2.64. The fourth-order valence-corrected chi connectivity index (χ4v) is 1.78. The molecule has 0 aliphatic carbocycles. The van der Waals surface area contributed by atoms with Crippen molar-refractivity contribution in [2.75, 3.05) is 14.1 Å². The van der Waals surface area contributed by atoms with Crippen LogP contribution in [0.3, 0.4) is 0 Å². The molecule has 20 heavy (non-hydrogen) atoms. The lowest BCUT2D eigenvalue weighted by Gasteiger charge is -2.14. The quantitative estimate of drug-likeness (QED) is 0.849. The van der Waals surface area contributed by atoms with Crippen LogP contribution >= 0.6 is 0 Å². The molecule has 0 spiro atoms. The first-order chi connectivity index (χ1) is 9.32. The molecule has 1 aromatic carbocycles. The zero-order valence-corrected chi connectivity index (χ0v) is 10.8. The van der Waals surface area contributed by atoms with E-state index in [9.17, 15) is 18.0 Å². The molecular weight excluding hydrogens is 271 g/mol. The van der Waals surface area contributed by atoms with E-state index in [0.717, 1.165) is 15.8 Å². The summed E-state index contributed by atoms with van der Waals surface area (Å²) < 4.78 is 40.4. The molecule has 0 unspecified atom stereocenters. The van der Waals surface area contributed by atoms with Crippen molar-refractivity contribution in [3.63, 3.8) is 0 Å². The maximum atomic E-state index is 13.2. The molecule has 1 aromatic heterocycles. The van der Waals surface area contributed by atoms with Crippen LogP contribution in [0.15, 0.2) is 36.5 Å². The summed E-state index contributed by atoms with van der Waals surface area (Å²) in [6.45, 7) is 0. The summed E-state index contributed by atoms with van der Waals surface area (Å²) in [6.07, 6.45) is -3.73. The Kier molecular flexibility index (Phi) is 3.52. The van der Waals surface area contributed by atoms with Crippen molar-refractivity contribution in [1.29, 1.82) is 0 Å². The third-order valence-electron chi connectivity index (χ3n) is 2.68. The van der Waals surface area contributed by atoms with E-state index in [1.165, 1.54) is 26.2 Å². The van der Waals surface area contributed by atoms with Crippen LogP contribution in [0.2, 0.25) is 0 Å². The van der Waals surface area contributed by atoms with Gasteiger partial charge in [-0.15, -0.1) is 0 Å². The van der Waals surface area contributed by atoms with Gasteiger partial charge in [0.2, 0.25) is 0 Å². The minimum absolute atomic E-state index is 0.248. The minimum Gasteiger partial charge on any atom is -0.345 e. The van der Waals surface area contributed by atoms with Crippen molar-refractivity contribution in [1.82, 2.24) is 14.7 Å². The van der Waals surface area contributed by atoms with E-state index in [0.29, 0.717) is 0 Å². The highest BCUT2D eigenvalue weighted by Gasteiger charge is 2.40. The fraction of sp³-hybridized carbons (Fsp3) is 0.231. The van der Waals surface area contributed by atoms with Crippen LogP contribution in [-0.4, -0.2) is 34.7 Å². The average molecular weight is 283 g/mol. The van der Waals surface area contributed by atoms with E-state index >= 15 is 0 Å². The molecule has 0 saturated heterocycles. The highest BCUT2D eigenvalue weighted by molar-refractivity contribution is 5.95. The highest BCUT2D eigenvalue weighted by Crippen LogP contribution is 2.33. The third-order valence-corrected chi connectivity index (χ3v) is 2.68. The Morgan fingerprint density at radius 2 is 1.80 bits per heavy atom. The zero-order valence-electron chi connectivity index (χ0n) is 10.8. The Morgan fingerprint density at radius 1 is 1.20 bits per heavy atom. The van der Waals surface area contributed by atoms with Crippen molar-refractivity contribution >= 4 is 5.91 Å². The number of para-hydroxylation sites is 1. The third kappa shape index (κ3) is 2.52. The van der Waals surface area contributed by atoms with E-state index in [1.807, 2.05) is 0 Å². The lowest BCUT2D eigenvalue weighted by molar-refractivity contribution is -0.143. The van der Waals surface area contributed by atoms with Gasteiger partial charge in [-0.2, -0.15) is 18.3 Å². The number of aromatic nitrogens is 2. The zero-order chi connectivity index (χ0) is 14.9. The van der Waals surface area contributed by atoms with E-state index in [-0.39, 0.29) is 5.69 Å². The number of benzene rings is 1. The summed E-state index contributed by atoms with van der Waals surface area (Å²) in [5.74, 6) is -0.737. The molecule has 106 valence electrons. The van der Waals surface area contributed by atoms with Gasteiger partial charge < -0.3 is 4.90 Å². The van der Waals surface area contributed by atoms with Crippen molar-refractivity contribution in [3.8, 4) is 5.69 Å². The minimum atomic E-state index is -4.67. The second-order valence-electron chi connectivity index (χ2n) is 4.35. The van der Waals surface area contributed by atoms with Crippen molar-refractivity contribution in [2.45, 2.75) is 6.18 Å². The van der Waals surface area contributed by atoms with Crippen LogP contribution < -0.4 is 0 Å². The SMILES string of the molecule is CN(C)C(=O)c1cnn(-c2ccccc2)c1C(F)(F)F. The monoisotopic (exact) mass is 283 g/mol. The predicted octanol–water partition coefficient (Wildman–Crippen LogP) is 2.59. The first-order valence-electron chi connectivity index (χ1n) is 5.74. The lowest BCUT2D eigenvalue weighted by Crippen LogP contribution is -2.25. The molecule has 0 fully saturated rings. The maximum absolute atomic E-state index is 13.2. The molecule has 2 aromatic rings. The van der Waals surface area contributed by atoms with Crippen LogP contribution in [0, 0.1) is 0 Å². The summed E-state index contributed by atoms with van der Waals surface area (Å²) >= 11 is 0. The molecular formula is C13H12F3N3O. The second kappa shape index (κ2) is 4.99. The number of alkyl halides is 3. The first-order valence-corrected chi connectivity index (χ1v) is 5.74. The number of rotatable bonds is 2. The fourth-order valence-electron chi connectivity index (χ4n) is 1.78. The number of carbonyl (C=O) groups excluding carboxylic acids is 1. The van der Waals surface area contributed by atoms with Crippen molar-refractivity contribution < 1.29 is 18.0 Å². The first kappa shape index (κ1) is 14.1. The molecule has 0 saturated carbocycles. The Labute approximate surface area is 113 Å². The molecule has 0 aliphatic rings. The van der Waals surface area contributed by atoms with Crippen LogP contribution in [0.1, 0.15) is 16.1 Å². The average Bonchev–Trinajstić information content (AvgIpc) is 2.83. The largest absolute Gasteiger partial charge is 0.434 e. The number of nitrogens with zero attached hydrogens (tertiary/aromatic N) is 3. The lowest BCUT2D eigenvalue weighted by atomic mass is 10.2. The number of halogens is 3. The molecule has 0 bridgehead atoms. The second-order valence-corrected chi connectivity index (χ2v) is 4.35. The number of carbonyl (C=O) groups is 1. The number of hydrogen-bond donors (Lipinski definition) is 0. The Hall–Kier alpha value is -2.31. The molecule has 0 atom stereocenters. The van der Waals surface area contributed by atoms with Gasteiger partial charge in [0.05, 0.1) is 17.4 Å². The van der Waals surface area contributed by atoms with Gasteiger partial charge in [0.25, 0.3) is 5.91 Å². The van der Waals surface area contributed by atoms with E-state index in [1.54, 1.807) is 18.2 Å². The summed E-state index contributed by atoms with van der Waals surface area (Å²) in [5, 5.41) is 3.71. The highest BCUT2D eigenvalue weighted by atomic mass is 19.4. The van der Waals surface area contributed by atoms with Gasteiger partial charge in [-0.3, -0.25) is 4.79 Å². The Morgan fingerprint density at radius 3 is 2.30 bits per heavy atom. The van der Waals surface area contributed by atoms with Gasteiger partial charge in [0.1, 0.15) is 0 Å². The predicted molar refractivity (Wildman–Crippen MR) is 66.6 cm³/mol. The van der Waals surface area contributed by atoms with E-state index in [4.69, 9.17) is 0 Å². The molecule has 0 radical (unpaired) electrons. The van der Waals surface area contributed by atoms with Gasteiger partial charge >= 0.3 is 6.18 Å². The molecule has 7 heteroatoms. The summed E-state index contributed by atoms with van der Waals surface area (Å²) in [7, 11) is 2.78. The van der Waals surface area contributed by atoms with Crippen LogP contribution in [0.5, 0.6) is 0 Å². The number of amides is 1. The van der Waals surface area contributed by atoms with Crippen LogP contribution in [0.4, 0.5) is 13.2 Å². The van der Waals surface area contributed by atoms with Crippen LogP contribution in [-0.2, 0) is 6.18 Å². The van der Waals surface area contributed by atoms with Crippen LogP contribution in [0.25, 0.3) is 5.69 Å². The Bertz CT molecular complexity index is 618. The number of hydrogen-bond acceptors (Lipinski definition) is 2. The summed E-state index contributed by atoms with van der Waals surface area (Å²) in [4.78, 5) is 12.9. The molecule has 1 heterocycles.